The molecule has 100 valence electrons. The van der Waals surface area contributed by atoms with Crippen molar-refractivity contribution in [2.75, 3.05) is 17.7 Å². The maximum Gasteiger partial charge on any atom is 0.337 e. The number of hydrogen-bond acceptors (Lipinski definition) is 4. The van der Waals surface area contributed by atoms with Gasteiger partial charge in [0, 0.05) is 19.3 Å². The Bertz CT molecular complexity index is 452. The van der Waals surface area contributed by atoms with Crippen LogP contribution in [0.15, 0.2) is 12.3 Å². The van der Waals surface area contributed by atoms with Gasteiger partial charge in [-0.3, -0.25) is 0 Å². The first kappa shape index (κ1) is 14.3. The summed E-state index contributed by atoms with van der Waals surface area (Å²) in [5.74, 6) is -0.408. The molecule has 5 nitrogen and oxygen atoms in total. The van der Waals surface area contributed by atoms with Gasteiger partial charge in [0.05, 0.1) is 11.3 Å². The molecule has 0 fully saturated rings. The van der Waals surface area contributed by atoms with Gasteiger partial charge < -0.3 is 15.7 Å². The number of aromatic nitrogens is 1. The van der Waals surface area contributed by atoms with Gasteiger partial charge in [0.15, 0.2) is 5.82 Å². The van der Waals surface area contributed by atoms with Gasteiger partial charge in [-0.2, -0.15) is 0 Å². The number of anilines is 2. The van der Waals surface area contributed by atoms with E-state index in [2.05, 4.69) is 32.7 Å². The van der Waals surface area contributed by atoms with Crippen LogP contribution in [0.4, 0.5) is 11.5 Å². The molecule has 1 atom stereocenters. The van der Waals surface area contributed by atoms with Gasteiger partial charge in [-0.15, -0.1) is 0 Å². The number of nitrogen functional groups attached to an aromatic ring is 1. The summed E-state index contributed by atoms with van der Waals surface area (Å²) >= 11 is 0. The highest BCUT2D eigenvalue weighted by molar-refractivity contribution is 5.89. The summed E-state index contributed by atoms with van der Waals surface area (Å²) in [4.78, 5) is 16.9. The molecule has 1 heterocycles. The first-order chi connectivity index (χ1) is 8.14. The third-order valence-corrected chi connectivity index (χ3v) is 3.31. The van der Waals surface area contributed by atoms with Crippen molar-refractivity contribution in [3.8, 4) is 0 Å². The fourth-order valence-electron chi connectivity index (χ4n) is 1.65. The Balaban J connectivity index is 3.08. The Hall–Kier alpha value is -1.78. The van der Waals surface area contributed by atoms with Crippen molar-refractivity contribution in [3.05, 3.63) is 17.8 Å². The van der Waals surface area contributed by atoms with Crippen LogP contribution in [0.25, 0.3) is 0 Å². The van der Waals surface area contributed by atoms with Crippen molar-refractivity contribution in [1.29, 1.82) is 0 Å². The molecule has 0 radical (unpaired) electrons. The standard InChI is InChI=1S/C13H21N3O2/c1-8(13(2,3)4)16(5)11-10(14)6-9(7-15-11)12(17)18/h6-8H,14H2,1-5H3,(H,17,18). The summed E-state index contributed by atoms with van der Waals surface area (Å²) in [6.07, 6.45) is 1.33. The summed E-state index contributed by atoms with van der Waals surface area (Å²) in [6.45, 7) is 8.49. The lowest BCUT2D eigenvalue weighted by atomic mass is 9.87. The lowest BCUT2D eigenvalue weighted by Crippen LogP contribution is -2.40. The number of hydrogen-bond donors (Lipinski definition) is 2. The highest BCUT2D eigenvalue weighted by Crippen LogP contribution is 2.29. The second-order valence-corrected chi connectivity index (χ2v) is 5.59. The van der Waals surface area contributed by atoms with Crippen molar-refractivity contribution >= 4 is 17.5 Å². The third kappa shape index (κ3) is 2.91. The zero-order valence-corrected chi connectivity index (χ0v) is 11.6. The fraction of sp³-hybridized carbons (Fsp3) is 0.538. The van der Waals surface area contributed by atoms with E-state index < -0.39 is 5.97 Å². The van der Waals surface area contributed by atoms with E-state index in [-0.39, 0.29) is 17.0 Å². The lowest BCUT2D eigenvalue weighted by Gasteiger charge is -2.36. The molecular weight excluding hydrogens is 230 g/mol. The minimum Gasteiger partial charge on any atom is -0.478 e. The van der Waals surface area contributed by atoms with E-state index in [4.69, 9.17) is 10.8 Å². The molecule has 5 heteroatoms. The Labute approximate surface area is 108 Å². The third-order valence-electron chi connectivity index (χ3n) is 3.31. The SMILES string of the molecule is CC(N(C)c1ncc(C(=O)O)cc1N)C(C)(C)C. The maximum atomic E-state index is 10.8. The number of aromatic carboxylic acids is 1. The van der Waals surface area contributed by atoms with E-state index in [1.165, 1.54) is 12.3 Å². The van der Waals surface area contributed by atoms with E-state index in [0.717, 1.165) is 0 Å². The molecule has 0 aliphatic heterocycles. The average Bonchev–Trinajstić information content (AvgIpc) is 2.25. The topological polar surface area (TPSA) is 79.5 Å². The van der Waals surface area contributed by atoms with Gasteiger partial charge in [0.25, 0.3) is 0 Å². The normalized spacial score (nSPS) is 13.2. The van der Waals surface area contributed by atoms with Gasteiger partial charge in [-0.05, 0) is 18.4 Å². The second-order valence-electron chi connectivity index (χ2n) is 5.59. The smallest absolute Gasteiger partial charge is 0.337 e. The van der Waals surface area contributed by atoms with Gasteiger partial charge in [-0.25, -0.2) is 9.78 Å². The molecule has 0 aromatic carbocycles. The molecule has 0 spiro atoms. The highest BCUT2D eigenvalue weighted by atomic mass is 16.4. The zero-order chi connectivity index (χ0) is 14.1. The molecule has 0 amide bonds. The van der Waals surface area contributed by atoms with Gasteiger partial charge in [0.1, 0.15) is 0 Å². The van der Waals surface area contributed by atoms with Crippen LogP contribution in [0.1, 0.15) is 38.1 Å². The predicted octanol–water partition coefficient (Wildman–Crippen LogP) is 2.23. The molecule has 0 saturated heterocycles. The largest absolute Gasteiger partial charge is 0.478 e. The van der Waals surface area contributed by atoms with Crippen LogP contribution in [-0.4, -0.2) is 29.1 Å². The fourth-order valence-corrected chi connectivity index (χ4v) is 1.65. The van der Waals surface area contributed by atoms with Crippen LogP contribution in [0.5, 0.6) is 0 Å². The van der Waals surface area contributed by atoms with E-state index in [0.29, 0.717) is 11.5 Å². The van der Waals surface area contributed by atoms with Crippen LogP contribution in [0.2, 0.25) is 0 Å². The monoisotopic (exact) mass is 251 g/mol. The van der Waals surface area contributed by atoms with Crippen molar-refractivity contribution < 1.29 is 9.90 Å². The summed E-state index contributed by atoms with van der Waals surface area (Å²) in [5, 5.41) is 8.87. The number of nitrogens with zero attached hydrogens (tertiary/aromatic N) is 2. The molecule has 0 aliphatic carbocycles. The zero-order valence-electron chi connectivity index (χ0n) is 11.6. The van der Waals surface area contributed by atoms with Crippen LogP contribution >= 0.6 is 0 Å². The number of carboxylic acids is 1. The lowest BCUT2D eigenvalue weighted by molar-refractivity contribution is 0.0696. The molecule has 0 bridgehead atoms. The number of nitrogens with two attached hydrogens (primary N) is 1. The molecule has 18 heavy (non-hydrogen) atoms. The molecular formula is C13H21N3O2. The Morgan fingerprint density at radius 3 is 2.44 bits per heavy atom. The van der Waals surface area contributed by atoms with E-state index >= 15 is 0 Å². The van der Waals surface area contributed by atoms with Crippen LogP contribution in [-0.2, 0) is 0 Å². The quantitative estimate of drug-likeness (QED) is 0.861. The molecule has 0 saturated carbocycles. The van der Waals surface area contributed by atoms with Crippen molar-refractivity contribution in [1.82, 2.24) is 4.98 Å². The molecule has 0 aliphatic rings. The van der Waals surface area contributed by atoms with Crippen LogP contribution in [0, 0.1) is 5.41 Å². The Morgan fingerprint density at radius 1 is 1.50 bits per heavy atom. The minimum atomic E-state index is -1.02. The Kier molecular flexibility index (Phi) is 3.84. The van der Waals surface area contributed by atoms with Gasteiger partial charge in [0.2, 0.25) is 0 Å². The Morgan fingerprint density at radius 2 is 2.06 bits per heavy atom. The average molecular weight is 251 g/mol. The summed E-state index contributed by atoms with van der Waals surface area (Å²) in [5.41, 5.74) is 6.44. The first-order valence-electron chi connectivity index (χ1n) is 5.86. The highest BCUT2D eigenvalue weighted by Gasteiger charge is 2.26. The van der Waals surface area contributed by atoms with Gasteiger partial charge in [-0.1, -0.05) is 20.8 Å². The molecule has 1 aromatic heterocycles. The number of rotatable bonds is 3. The summed E-state index contributed by atoms with van der Waals surface area (Å²) in [7, 11) is 1.91. The van der Waals surface area contributed by atoms with Crippen molar-refractivity contribution in [2.45, 2.75) is 33.7 Å². The maximum absolute atomic E-state index is 10.8. The number of carboxylic acid groups (broad SMARTS) is 1. The molecule has 3 N–H and O–H groups in total. The predicted molar refractivity (Wildman–Crippen MR) is 72.9 cm³/mol. The van der Waals surface area contributed by atoms with Crippen LogP contribution < -0.4 is 10.6 Å². The summed E-state index contributed by atoms with van der Waals surface area (Å²) in [6, 6.07) is 1.67. The molecule has 1 aromatic rings. The second kappa shape index (κ2) is 4.84. The summed E-state index contributed by atoms with van der Waals surface area (Å²) < 4.78 is 0. The van der Waals surface area contributed by atoms with Gasteiger partial charge >= 0.3 is 5.97 Å². The number of carbonyl (C=O) groups is 1. The van der Waals surface area contributed by atoms with Crippen molar-refractivity contribution in [2.24, 2.45) is 5.41 Å². The molecule has 1 unspecified atom stereocenters. The van der Waals surface area contributed by atoms with E-state index in [9.17, 15) is 4.79 Å². The minimum absolute atomic E-state index is 0.0777. The van der Waals surface area contributed by atoms with E-state index in [1.807, 2.05) is 11.9 Å². The first-order valence-corrected chi connectivity index (χ1v) is 5.86. The van der Waals surface area contributed by atoms with E-state index in [1.54, 1.807) is 0 Å². The number of pyridine rings is 1. The van der Waals surface area contributed by atoms with Crippen molar-refractivity contribution in [3.63, 3.8) is 0 Å². The van der Waals surface area contributed by atoms with Crippen LogP contribution in [0.3, 0.4) is 0 Å². The molecule has 1 rings (SSSR count).